The molecule has 0 atom stereocenters. The van der Waals surface area contributed by atoms with Crippen molar-refractivity contribution in [1.29, 1.82) is 0 Å². The second-order valence-corrected chi connectivity index (χ2v) is 3.33. The van der Waals surface area contributed by atoms with Crippen LogP contribution in [0.25, 0.3) is 6.08 Å². The smallest absolute Gasteiger partial charge is 0.0407 e. The minimum absolute atomic E-state index is 1.12. The van der Waals surface area contributed by atoms with E-state index in [0.717, 1.165) is 5.69 Å². The normalized spacial score (nSPS) is 9.67. The number of hydrogen-bond acceptors (Lipinski definition) is 1. The van der Waals surface area contributed by atoms with Gasteiger partial charge in [0.15, 0.2) is 0 Å². The number of allylic oxidation sites excluding steroid dienone is 1. The average molecular weight is 161 g/mol. The number of aryl methyl sites for hydroxylation is 1. The highest BCUT2D eigenvalue weighted by Crippen LogP contribution is 2.13. The Labute approximate surface area is 74.2 Å². The van der Waals surface area contributed by atoms with Gasteiger partial charge < -0.3 is 0 Å². The number of aromatic nitrogens is 1. The molecule has 1 aromatic heterocycles. The minimum Gasteiger partial charge on any atom is -0.261 e. The SMILES string of the molecule is CC(C)=Cc1ccnc(C)c1C. The lowest BCUT2D eigenvalue weighted by molar-refractivity contribution is 1.14. The van der Waals surface area contributed by atoms with Crippen molar-refractivity contribution < 1.29 is 0 Å². The molecule has 0 fully saturated rings. The summed E-state index contributed by atoms with van der Waals surface area (Å²) in [7, 11) is 0. The topological polar surface area (TPSA) is 12.9 Å². The van der Waals surface area contributed by atoms with Gasteiger partial charge in [0.2, 0.25) is 0 Å². The Morgan fingerprint density at radius 3 is 2.58 bits per heavy atom. The van der Waals surface area contributed by atoms with Gasteiger partial charge in [0.25, 0.3) is 0 Å². The van der Waals surface area contributed by atoms with Crippen LogP contribution in [0.5, 0.6) is 0 Å². The third-order valence-electron chi connectivity index (χ3n) is 1.94. The largest absolute Gasteiger partial charge is 0.261 e. The Bertz CT molecular complexity index is 307. The van der Waals surface area contributed by atoms with Crippen LogP contribution in [0, 0.1) is 13.8 Å². The quantitative estimate of drug-likeness (QED) is 0.616. The molecule has 1 heteroatoms. The van der Waals surface area contributed by atoms with Crippen molar-refractivity contribution in [1.82, 2.24) is 4.98 Å². The Morgan fingerprint density at radius 2 is 2.00 bits per heavy atom. The van der Waals surface area contributed by atoms with E-state index in [1.807, 2.05) is 13.1 Å². The van der Waals surface area contributed by atoms with Crippen molar-refractivity contribution >= 4 is 6.08 Å². The Kier molecular flexibility index (Phi) is 2.64. The molecule has 0 aliphatic rings. The first kappa shape index (κ1) is 8.98. The Hall–Kier alpha value is -1.11. The van der Waals surface area contributed by atoms with E-state index < -0.39 is 0 Å². The molecule has 1 heterocycles. The highest BCUT2D eigenvalue weighted by Gasteiger charge is 1.97. The molecule has 1 aromatic rings. The summed E-state index contributed by atoms with van der Waals surface area (Å²) >= 11 is 0. The van der Waals surface area contributed by atoms with Crippen LogP contribution < -0.4 is 0 Å². The molecule has 0 aliphatic carbocycles. The molecule has 0 saturated carbocycles. The number of nitrogens with zero attached hydrogens (tertiary/aromatic N) is 1. The fourth-order valence-corrected chi connectivity index (χ4v) is 1.13. The standard InChI is InChI=1S/C11H15N/c1-8(2)7-11-5-6-12-10(4)9(11)3/h5-7H,1-4H3. The van der Waals surface area contributed by atoms with Crippen LogP contribution >= 0.6 is 0 Å². The van der Waals surface area contributed by atoms with Crippen LogP contribution in [0.3, 0.4) is 0 Å². The van der Waals surface area contributed by atoms with Gasteiger partial charge >= 0.3 is 0 Å². The van der Waals surface area contributed by atoms with Crippen LogP contribution in [0.15, 0.2) is 17.8 Å². The second kappa shape index (κ2) is 3.53. The van der Waals surface area contributed by atoms with Gasteiger partial charge in [-0.15, -0.1) is 0 Å². The summed E-state index contributed by atoms with van der Waals surface area (Å²) in [5.41, 5.74) is 5.00. The van der Waals surface area contributed by atoms with Gasteiger partial charge in [0, 0.05) is 11.9 Å². The summed E-state index contributed by atoms with van der Waals surface area (Å²) in [4.78, 5) is 4.22. The molecule has 12 heavy (non-hydrogen) atoms. The maximum Gasteiger partial charge on any atom is 0.0407 e. The lowest BCUT2D eigenvalue weighted by atomic mass is 10.1. The molecule has 0 saturated heterocycles. The van der Waals surface area contributed by atoms with Gasteiger partial charge in [-0.2, -0.15) is 0 Å². The van der Waals surface area contributed by atoms with E-state index in [2.05, 4.69) is 37.9 Å². The first-order valence-corrected chi connectivity index (χ1v) is 4.18. The van der Waals surface area contributed by atoms with Crippen LogP contribution in [-0.4, -0.2) is 4.98 Å². The Morgan fingerprint density at radius 1 is 1.33 bits per heavy atom. The van der Waals surface area contributed by atoms with Crippen molar-refractivity contribution in [2.75, 3.05) is 0 Å². The molecular weight excluding hydrogens is 146 g/mol. The second-order valence-electron chi connectivity index (χ2n) is 3.33. The molecule has 0 N–H and O–H groups in total. The molecule has 1 nitrogen and oxygen atoms in total. The van der Waals surface area contributed by atoms with Gasteiger partial charge in [-0.05, 0) is 44.9 Å². The monoisotopic (exact) mass is 161 g/mol. The first-order valence-electron chi connectivity index (χ1n) is 4.18. The zero-order valence-corrected chi connectivity index (χ0v) is 8.18. The number of pyridine rings is 1. The van der Waals surface area contributed by atoms with Crippen molar-refractivity contribution in [3.05, 3.63) is 34.7 Å². The molecule has 0 unspecified atom stereocenters. The molecule has 0 aromatic carbocycles. The zero-order valence-electron chi connectivity index (χ0n) is 8.18. The molecule has 0 amide bonds. The van der Waals surface area contributed by atoms with Crippen molar-refractivity contribution in [2.45, 2.75) is 27.7 Å². The lowest BCUT2D eigenvalue weighted by Crippen LogP contribution is -1.89. The molecule has 64 valence electrons. The fraction of sp³-hybridized carbons (Fsp3) is 0.364. The van der Waals surface area contributed by atoms with E-state index in [-0.39, 0.29) is 0 Å². The van der Waals surface area contributed by atoms with Gasteiger partial charge in [-0.1, -0.05) is 11.6 Å². The van der Waals surface area contributed by atoms with E-state index in [1.54, 1.807) is 0 Å². The lowest BCUT2D eigenvalue weighted by Gasteiger charge is -2.03. The van der Waals surface area contributed by atoms with Gasteiger partial charge in [0.05, 0.1) is 0 Å². The van der Waals surface area contributed by atoms with Crippen molar-refractivity contribution in [3.8, 4) is 0 Å². The van der Waals surface area contributed by atoms with Crippen LogP contribution in [0.2, 0.25) is 0 Å². The summed E-state index contributed by atoms with van der Waals surface area (Å²) in [6.45, 7) is 8.36. The molecule has 0 aliphatic heterocycles. The average Bonchev–Trinajstić information content (AvgIpc) is 1.98. The van der Waals surface area contributed by atoms with E-state index in [9.17, 15) is 0 Å². The first-order chi connectivity index (χ1) is 5.61. The summed E-state index contributed by atoms with van der Waals surface area (Å²) in [6, 6.07) is 2.05. The van der Waals surface area contributed by atoms with E-state index in [0.29, 0.717) is 0 Å². The van der Waals surface area contributed by atoms with Gasteiger partial charge in [-0.25, -0.2) is 0 Å². The third-order valence-corrected chi connectivity index (χ3v) is 1.94. The number of rotatable bonds is 1. The summed E-state index contributed by atoms with van der Waals surface area (Å²) < 4.78 is 0. The molecule has 0 spiro atoms. The summed E-state index contributed by atoms with van der Waals surface area (Å²) in [6.07, 6.45) is 4.04. The van der Waals surface area contributed by atoms with Crippen molar-refractivity contribution in [2.24, 2.45) is 0 Å². The zero-order chi connectivity index (χ0) is 9.14. The van der Waals surface area contributed by atoms with Gasteiger partial charge in [0.1, 0.15) is 0 Å². The molecular formula is C11H15N. The van der Waals surface area contributed by atoms with Gasteiger partial charge in [-0.3, -0.25) is 4.98 Å². The summed E-state index contributed by atoms with van der Waals surface area (Å²) in [5.74, 6) is 0. The number of hydrogen-bond donors (Lipinski definition) is 0. The third kappa shape index (κ3) is 1.94. The predicted octanol–water partition coefficient (Wildman–Crippen LogP) is 3.12. The summed E-state index contributed by atoms with van der Waals surface area (Å²) in [5, 5.41) is 0. The highest BCUT2D eigenvalue weighted by atomic mass is 14.7. The predicted molar refractivity (Wildman–Crippen MR) is 53.0 cm³/mol. The van der Waals surface area contributed by atoms with Crippen LogP contribution in [-0.2, 0) is 0 Å². The Balaban J connectivity index is 3.17. The van der Waals surface area contributed by atoms with E-state index in [1.165, 1.54) is 16.7 Å². The molecule has 0 radical (unpaired) electrons. The van der Waals surface area contributed by atoms with Crippen molar-refractivity contribution in [3.63, 3.8) is 0 Å². The maximum absolute atomic E-state index is 4.22. The fourth-order valence-electron chi connectivity index (χ4n) is 1.13. The minimum atomic E-state index is 1.12. The van der Waals surface area contributed by atoms with Crippen LogP contribution in [0.1, 0.15) is 30.7 Å². The van der Waals surface area contributed by atoms with Crippen LogP contribution in [0.4, 0.5) is 0 Å². The molecule has 1 rings (SSSR count). The highest BCUT2D eigenvalue weighted by molar-refractivity contribution is 5.55. The van der Waals surface area contributed by atoms with E-state index >= 15 is 0 Å². The maximum atomic E-state index is 4.22. The molecule has 0 bridgehead atoms. The van der Waals surface area contributed by atoms with E-state index in [4.69, 9.17) is 0 Å².